The van der Waals surface area contributed by atoms with E-state index >= 15 is 0 Å². The van der Waals surface area contributed by atoms with Gasteiger partial charge in [-0.15, -0.1) is 0 Å². The van der Waals surface area contributed by atoms with Gasteiger partial charge in [0, 0.05) is 24.1 Å². The van der Waals surface area contributed by atoms with Gasteiger partial charge in [-0.3, -0.25) is 0 Å². The van der Waals surface area contributed by atoms with Gasteiger partial charge in [-0.2, -0.15) is 5.10 Å². The van der Waals surface area contributed by atoms with Crippen LogP contribution in [0.15, 0.2) is 54.6 Å². The molecule has 1 aliphatic heterocycles. The smallest absolute Gasteiger partial charge is 0.328 e. The molecule has 2 aromatic carbocycles. The first kappa shape index (κ1) is 18.3. The summed E-state index contributed by atoms with van der Waals surface area (Å²) in [6.07, 6.45) is 5.49. The van der Waals surface area contributed by atoms with E-state index in [4.69, 9.17) is 14.6 Å². The van der Waals surface area contributed by atoms with Crippen LogP contribution in [0.3, 0.4) is 0 Å². The summed E-state index contributed by atoms with van der Waals surface area (Å²) in [4.78, 5) is 10.9. The van der Waals surface area contributed by atoms with Gasteiger partial charge in [-0.25, -0.2) is 9.48 Å². The van der Waals surface area contributed by atoms with Gasteiger partial charge < -0.3 is 14.6 Å². The van der Waals surface area contributed by atoms with Crippen molar-refractivity contribution in [3.63, 3.8) is 0 Å². The fraction of sp³-hybridized carbons (Fsp3) is 0.273. The van der Waals surface area contributed by atoms with Crippen LogP contribution < -0.4 is 4.74 Å². The Morgan fingerprint density at radius 3 is 2.86 bits per heavy atom. The number of benzene rings is 2. The second-order valence-electron chi connectivity index (χ2n) is 6.78. The number of ether oxygens (including phenoxy) is 2. The highest BCUT2D eigenvalue weighted by Crippen LogP contribution is 2.31. The highest BCUT2D eigenvalue weighted by molar-refractivity contribution is 5.92. The second kappa shape index (κ2) is 8.27. The second-order valence-corrected chi connectivity index (χ2v) is 6.78. The summed E-state index contributed by atoms with van der Waals surface area (Å²) in [7, 11) is 0. The predicted octanol–water partition coefficient (Wildman–Crippen LogP) is 4.41. The lowest BCUT2D eigenvalue weighted by Crippen LogP contribution is -2.19. The molecular weight excluding hydrogens is 356 g/mol. The fourth-order valence-electron chi connectivity index (χ4n) is 3.38. The zero-order chi connectivity index (χ0) is 19.3. The number of carbonyl (C=O) groups is 1. The topological polar surface area (TPSA) is 73.6 Å². The van der Waals surface area contributed by atoms with Crippen LogP contribution >= 0.6 is 0 Å². The Morgan fingerprint density at radius 2 is 2.11 bits per heavy atom. The molecule has 28 heavy (non-hydrogen) atoms. The molecule has 0 spiro atoms. The molecule has 1 fully saturated rings. The van der Waals surface area contributed by atoms with Crippen molar-refractivity contribution in [1.82, 2.24) is 9.78 Å². The van der Waals surface area contributed by atoms with E-state index in [1.54, 1.807) is 0 Å². The Morgan fingerprint density at radius 1 is 1.25 bits per heavy atom. The number of carboxylic acids is 1. The summed E-state index contributed by atoms with van der Waals surface area (Å²) in [6.45, 7) is 1.18. The van der Waals surface area contributed by atoms with E-state index in [1.165, 1.54) is 6.08 Å². The van der Waals surface area contributed by atoms with Crippen LogP contribution in [-0.2, 0) is 16.1 Å². The number of aliphatic carboxylic acids is 1. The van der Waals surface area contributed by atoms with Gasteiger partial charge in [-0.1, -0.05) is 30.3 Å². The standard InChI is InChI=1S/C22H22N2O4/c25-22(26)12-11-19-18-10-9-17(28-15-16-6-2-1-3-7-16)14-20(18)24(23-19)21-8-4-5-13-27-21/h1-3,6-7,9-12,14,21H,4-5,8,13,15H2,(H,25,26). The molecule has 6 nitrogen and oxygen atoms in total. The Balaban J connectivity index is 1.67. The van der Waals surface area contributed by atoms with Crippen molar-refractivity contribution in [2.75, 3.05) is 6.61 Å². The van der Waals surface area contributed by atoms with Crippen LogP contribution in [0.5, 0.6) is 5.75 Å². The molecule has 0 aliphatic carbocycles. The molecule has 144 valence electrons. The number of hydrogen-bond acceptors (Lipinski definition) is 4. The lowest BCUT2D eigenvalue weighted by Gasteiger charge is -2.23. The maximum atomic E-state index is 10.9. The average Bonchev–Trinajstić information content (AvgIpc) is 3.10. The molecular formula is C22H22N2O4. The van der Waals surface area contributed by atoms with E-state index in [9.17, 15) is 4.79 Å². The molecule has 0 radical (unpaired) electrons. The average molecular weight is 378 g/mol. The number of hydrogen-bond donors (Lipinski definition) is 1. The summed E-state index contributed by atoms with van der Waals surface area (Å²) in [5.74, 6) is -0.262. The molecule has 1 atom stereocenters. The summed E-state index contributed by atoms with van der Waals surface area (Å²) in [6, 6.07) is 15.7. The zero-order valence-electron chi connectivity index (χ0n) is 15.5. The molecule has 1 unspecified atom stereocenters. The Labute approximate surface area is 163 Å². The van der Waals surface area contributed by atoms with Crippen molar-refractivity contribution in [2.24, 2.45) is 0 Å². The van der Waals surface area contributed by atoms with Crippen LogP contribution in [-0.4, -0.2) is 27.5 Å². The molecule has 6 heteroatoms. The first-order valence-corrected chi connectivity index (χ1v) is 9.42. The largest absolute Gasteiger partial charge is 0.489 e. The highest BCUT2D eigenvalue weighted by atomic mass is 16.5. The minimum Gasteiger partial charge on any atom is -0.489 e. The van der Waals surface area contributed by atoms with E-state index in [0.717, 1.165) is 47.6 Å². The lowest BCUT2D eigenvalue weighted by atomic mass is 10.1. The van der Waals surface area contributed by atoms with Gasteiger partial charge in [0.25, 0.3) is 0 Å². The fourth-order valence-corrected chi connectivity index (χ4v) is 3.38. The van der Waals surface area contributed by atoms with Crippen molar-refractivity contribution < 1.29 is 19.4 Å². The summed E-state index contributed by atoms with van der Waals surface area (Å²) >= 11 is 0. The van der Waals surface area contributed by atoms with Crippen LogP contribution in [0.25, 0.3) is 17.0 Å². The minimum absolute atomic E-state index is 0.146. The van der Waals surface area contributed by atoms with Crippen molar-refractivity contribution in [1.29, 1.82) is 0 Å². The van der Waals surface area contributed by atoms with E-state index < -0.39 is 5.97 Å². The third-order valence-electron chi connectivity index (χ3n) is 4.77. The molecule has 1 saturated heterocycles. The lowest BCUT2D eigenvalue weighted by molar-refractivity contribution is -0.131. The Kier molecular flexibility index (Phi) is 5.39. The van der Waals surface area contributed by atoms with Crippen LogP contribution in [0.4, 0.5) is 0 Å². The maximum Gasteiger partial charge on any atom is 0.328 e. The van der Waals surface area contributed by atoms with Crippen LogP contribution in [0.2, 0.25) is 0 Å². The number of carboxylic acid groups (broad SMARTS) is 1. The van der Waals surface area contributed by atoms with Gasteiger partial charge in [0.15, 0.2) is 6.23 Å². The molecule has 3 aromatic rings. The van der Waals surface area contributed by atoms with Crippen LogP contribution in [0, 0.1) is 0 Å². The third kappa shape index (κ3) is 4.07. The minimum atomic E-state index is -1.00. The number of fused-ring (bicyclic) bond motifs is 1. The molecule has 1 aliphatic rings. The van der Waals surface area contributed by atoms with Gasteiger partial charge in [-0.05, 0) is 43.0 Å². The first-order valence-electron chi connectivity index (χ1n) is 9.42. The van der Waals surface area contributed by atoms with Gasteiger partial charge in [0.1, 0.15) is 12.4 Å². The van der Waals surface area contributed by atoms with Crippen molar-refractivity contribution >= 4 is 22.9 Å². The van der Waals surface area contributed by atoms with Gasteiger partial charge in [0.05, 0.1) is 11.2 Å². The summed E-state index contributed by atoms with van der Waals surface area (Å²) < 4.78 is 13.7. The quantitative estimate of drug-likeness (QED) is 0.643. The molecule has 1 aromatic heterocycles. The van der Waals surface area contributed by atoms with E-state index in [-0.39, 0.29) is 6.23 Å². The van der Waals surface area contributed by atoms with E-state index in [0.29, 0.717) is 18.9 Å². The zero-order valence-corrected chi connectivity index (χ0v) is 15.5. The number of nitrogens with zero attached hydrogens (tertiary/aromatic N) is 2. The SMILES string of the molecule is O=C(O)C=Cc1nn(C2CCCCO2)c2cc(OCc3ccccc3)ccc12. The van der Waals surface area contributed by atoms with Crippen molar-refractivity contribution in [2.45, 2.75) is 32.1 Å². The number of rotatable bonds is 6. The molecule has 0 amide bonds. The number of aromatic nitrogens is 2. The molecule has 0 bridgehead atoms. The Hall–Kier alpha value is -3.12. The molecule has 0 saturated carbocycles. The van der Waals surface area contributed by atoms with Gasteiger partial charge in [0.2, 0.25) is 0 Å². The van der Waals surface area contributed by atoms with Crippen LogP contribution in [0.1, 0.15) is 36.7 Å². The molecule has 4 rings (SSSR count). The van der Waals surface area contributed by atoms with Crippen molar-refractivity contribution in [3.05, 3.63) is 65.9 Å². The monoisotopic (exact) mass is 378 g/mol. The van der Waals surface area contributed by atoms with E-state index in [2.05, 4.69) is 5.10 Å². The normalized spacial score (nSPS) is 17.2. The third-order valence-corrected chi connectivity index (χ3v) is 4.77. The van der Waals surface area contributed by atoms with Crippen molar-refractivity contribution in [3.8, 4) is 5.75 Å². The summed E-state index contributed by atoms with van der Waals surface area (Å²) in [5, 5.41) is 14.5. The predicted molar refractivity (Wildman–Crippen MR) is 106 cm³/mol. The van der Waals surface area contributed by atoms with E-state index in [1.807, 2.05) is 53.2 Å². The highest BCUT2D eigenvalue weighted by Gasteiger charge is 2.21. The first-order chi connectivity index (χ1) is 13.7. The Bertz CT molecular complexity index is 988. The van der Waals surface area contributed by atoms with Gasteiger partial charge >= 0.3 is 5.97 Å². The summed E-state index contributed by atoms with van der Waals surface area (Å²) in [5.41, 5.74) is 2.58. The maximum absolute atomic E-state index is 10.9. The molecule has 2 heterocycles. The molecule has 1 N–H and O–H groups in total.